The van der Waals surface area contributed by atoms with Crippen LogP contribution in [0, 0.1) is 16.0 Å². The first kappa shape index (κ1) is 12.4. The van der Waals surface area contributed by atoms with Crippen molar-refractivity contribution in [3.63, 3.8) is 0 Å². The molecule has 0 spiro atoms. The molecule has 0 N–H and O–H groups in total. The van der Waals surface area contributed by atoms with Gasteiger partial charge in [0.15, 0.2) is 0 Å². The summed E-state index contributed by atoms with van der Waals surface area (Å²) in [5.74, 6) is 0.0187. The maximum absolute atomic E-state index is 10.8. The van der Waals surface area contributed by atoms with Gasteiger partial charge in [-0.25, -0.2) is 0 Å². The van der Waals surface area contributed by atoms with Gasteiger partial charge in [0, 0.05) is 11.8 Å². The zero-order valence-electron chi connectivity index (χ0n) is 9.88. The fourth-order valence-electron chi connectivity index (χ4n) is 1.57. The van der Waals surface area contributed by atoms with E-state index in [4.69, 9.17) is 0 Å². The highest BCUT2D eigenvalue weighted by Gasteiger charge is 2.17. The van der Waals surface area contributed by atoms with Crippen LogP contribution in [0.2, 0.25) is 0 Å². The average Bonchev–Trinajstić information content (AvgIpc) is 2.25. The molecule has 0 aliphatic carbocycles. The van der Waals surface area contributed by atoms with E-state index in [0.29, 0.717) is 0 Å². The minimum atomic E-state index is -0.288. The highest BCUT2D eigenvalue weighted by molar-refractivity contribution is 5.23. The third-order valence-corrected chi connectivity index (χ3v) is 2.55. The van der Waals surface area contributed by atoms with Gasteiger partial charge < -0.3 is 0 Å². The molecular weight excluding hydrogens is 202 g/mol. The van der Waals surface area contributed by atoms with Crippen LogP contribution in [0.4, 0.5) is 0 Å². The van der Waals surface area contributed by atoms with Gasteiger partial charge in [0.25, 0.3) is 0 Å². The summed E-state index contributed by atoms with van der Waals surface area (Å²) in [7, 11) is 0. The summed E-state index contributed by atoms with van der Waals surface area (Å²) in [6, 6.07) is 9.80. The predicted octanol–water partition coefficient (Wildman–Crippen LogP) is 3.61. The van der Waals surface area contributed by atoms with Gasteiger partial charge in [0.1, 0.15) is 0 Å². The van der Waals surface area contributed by atoms with Gasteiger partial charge in [0.05, 0.1) is 4.92 Å². The molecule has 0 aromatic heterocycles. The number of nitrogens with zero attached hydrogens (tertiary/aromatic N) is 1. The molecule has 3 heteroatoms. The van der Waals surface area contributed by atoms with Gasteiger partial charge in [-0.3, -0.25) is 10.1 Å². The van der Waals surface area contributed by atoms with Crippen molar-refractivity contribution in [2.75, 3.05) is 0 Å². The fraction of sp³-hybridized carbons (Fsp3) is 0.385. The lowest BCUT2D eigenvalue weighted by atomic mass is 9.98. The topological polar surface area (TPSA) is 43.1 Å². The lowest BCUT2D eigenvalue weighted by Crippen LogP contribution is -2.07. The Balaban J connectivity index is 2.94. The molecule has 16 heavy (non-hydrogen) atoms. The van der Waals surface area contributed by atoms with Crippen molar-refractivity contribution in [1.29, 1.82) is 0 Å². The van der Waals surface area contributed by atoms with Crippen LogP contribution in [0.15, 0.2) is 42.1 Å². The standard InChI is InChI=1S/C13H17NO2/c1-10(2)13(14(15)16)9-11(3)12-7-5-4-6-8-12/h4-11H,1-3H3/b13-9-. The molecular formula is C13H17NO2. The zero-order valence-corrected chi connectivity index (χ0v) is 9.88. The van der Waals surface area contributed by atoms with Crippen molar-refractivity contribution < 1.29 is 4.92 Å². The van der Waals surface area contributed by atoms with Gasteiger partial charge in [-0.15, -0.1) is 0 Å². The smallest absolute Gasteiger partial charge is 0.245 e. The normalized spacial score (nSPS) is 13.9. The Morgan fingerprint density at radius 3 is 2.25 bits per heavy atom. The zero-order chi connectivity index (χ0) is 12.1. The Morgan fingerprint density at radius 1 is 1.25 bits per heavy atom. The van der Waals surface area contributed by atoms with Crippen LogP contribution in [0.1, 0.15) is 32.3 Å². The van der Waals surface area contributed by atoms with Gasteiger partial charge in [-0.2, -0.15) is 0 Å². The molecule has 86 valence electrons. The monoisotopic (exact) mass is 219 g/mol. The molecule has 0 heterocycles. The average molecular weight is 219 g/mol. The number of allylic oxidation sites excluding steroid dienone is 2. The van der Waals surface area contributed by atoms with Gasteiger partial charge >= 0.3 is 0 Å². The second kappa shape index (κ2) is 5.45. The number of rotatable bonds is 4. The second-order valence-corrected chi connectivity index (χ2v) is 4.20. The quantitative estimate of drug-likeness (QED) is 0.573. The largest absolute Gasteiger partial charge is 0.259 e. The van der Waals surface area contributed by atoms with Crippen LogP contribution in [0.3, 0.4) is 0 Å². The molecule has 0 bridgehead atoms. The van der Waals surface area contributed by atoms with Crippen molar-refractivity contribution >= 4 is 0 Å². The van der Waals surface area contributed by atoms with E-state index in [0.717, 1.165) is 5.56 Å². The summed E-state index contributed by atoms with van der Waals surface area (Å²) in [5.41, 5.74) is 1.39. The molecule has 0 aliphatic heterocycles. The Labute approximate surface area is 95.9 Å². The second-order valence-electron chi connectivity index (χ2n) is 4.20. The lowest BCUT2D eigenvalue weighted by Gasteiger charge is -2.08. The summed E-state index contributed by atoms with van der Waals surface area (Å²) >= 11 is 0. The minimum absolute atomic E-state index is 0.0545. The lowest BCUT2D eigenvalue weighted by molar-refractivity contribution is -0.433. The predicted molar refractivity (Wildman–Crippen MR) is 64.8 cm³/mol. The molecule has 1 aromatic rings. The third-order valence-electron chi connectivity index (χ3n) is 2.55. The molecule has 1 atom stereocenters. The first-order valence-electron chi connectivity index (χ1n) is 5.43. The maximum Gasteiger partial charge on any atom is 0.245 e. The molecule has 0 aliphatic rings. The van der Waals surface area contributed by atoms with E-state index in [2.05, 4.69) is 0 Å². The van der Waals surface area contributed by atoms with Crippen LogP contribution in [-0.2, 0) is 0 Å². The SMILES string of the molecule is CC(C)/C(=C/C(C)c1ccccc1)[N+](=O)[O-]. The first-order chi connectivity index (χ1) is 7.52. The number of hydrogen-bond acceptors (Lipinski definition) is 2. The first-order valence-corrected chi connectivity index (χ1v) is 5.43. The molecule has 0 radical (unpaired) electrons. The molecule has 0 amide bonds. The molecule has 1 aromatic carbocycles. The van der Waals surface area contributed by atoms with E-state index in [9.17, 15) is 10.1 Å². The van der Waals surface area contributed by atoms with Crippen LogP contribution in [0.5, 0.6) is 0 Å². The van der Waals surface area contributed by atoms with E-state index >= 15 is 0 Å². The van der Waals surface area contributed by atoms with E-state index < -0.39 is 0 Å². The van der Waals surface area contributed by atoms with Crippen molar-refractivity contribution in [2.45, 2.75) is 26.7 Å². The maximum atomic E-state index is 10.8. The minimum Gasteiger partial charge on any atom is -0.259 e. The Bertz CT molecular complexity index is 382. The molecule has 1 unspecified atom stereocenters. The molecule has 3 nitrogen and oxygen atoms in total. The van der Waals surface area contributed by atoms with Crippen LogP contribution >= 0.6 is 0 Å². The van der Waals surface area contributed by atoms with Gasteiger partial charge in [0.2, 0.25) is 5.70 Å². The van der Waals surface area contributed by atoms with Crippen molar-refractivity contribution in [3.05, 3.63) is 57.8 Å². The molecule has 1 rings (SSSR count). The van der Waals surface area contributed by atoms with Crippen molar-refractivity contribution in [2.24, 2.45) is 5.92 Å². The highest BCUT2D eigenvalue weighted by Crippen LogP contribution is 2.21. The number of nitro groups is 1. The summed E-state index contributed by atoms with van der Waals surface area (Å²) in [4.78, 5) is 10.6. The van der Waals surface area contributed by atoms with Crippen LogP contribution in [0.25, 0.3) is 0 Å². The Morgan fingerprint density at radius 2 is 1.81 bits per heavy atom. The van der Waals surface area contributed by atoms with E-state index in [1.54, 1.807) is 6.08 Å². The third kappa shape index (κ3) is 3.19. The number of hydrogen-bond donors (Lipinski definition) is 0. The number of benzene rings is 1. The summed E-state index contributed by atoms with van der Waals surface area (Å²) in [6.45, 7) is 5.65. The molecule has 0 saturated carbocycles. The van der Waals surface area contributed by atoms with Crippen LogP contribution in [-0.4, -0.2) is 4.92 Å². The van der Waals surface area contributed by atoms with Crippen molar-refractivity contribution in [1.82, 2.24) is 0 Å². The summed E-state index contributed by atoms with van der Waals surface area (Å²) < 4.78 is 0. The van der Waals surface area contributed by atoms with Gasteiger partial charge in [-0.05, 0) is 11.6 Å². The Hall–Kier alpha value is -1.64. The molecule has 0 saturated heterocycles. The fourth-order valence-corrected chi connectivity index (χ4v) is 1.57. The van der Waals surface area contributed by atoms with E-state index in [1.807, 2.05) is 51.1 Å². The van der Waals surface area contributed by atoms with Gasteiger partial charge in [-0.1, -0.05) is 51.1 Å². The van der Waals surface area contributed by atoms with Crippen molar-refractivity contribution in [3.8, 4) is 0 Å². The summed E-state index contributed by atoms with van der Waals surface area (Å²) in [5, 5.41) is 10.8. The summed E-state index contributed by atoms with van der Waals surface area (Å²) in [6.07, 6.45) is 1.74. The van der Waals surface area contributed by atoms with E-state index in [-0.39, 0.29) is 22.5 Å². The highest BCUT2D eigenvalue weighted by atomic mass is 16.6. The molecule has 0 fully saturated rings. The van der Waals surface area contributed by atoms with E-state index in [1.165, 1.54) is 0 Å². The Kier molecular flexibility index (Phi) is 4.23. The van der Waals surface area contributed by atoms with Crippen LogP contribution < -0.4 is 0 Å².